The smallest absolute Gasteiger partial charge is 0.210 e. The van der Waals surface area contributed by atoms with Gasteiger partial charge in [0, 0.05) is 17.4 Å². The standard InChI is InChI=1S/C13H12FN5OS/c1-8-5-11(18-20-8)7-21-13-17-16-12(19(13)15)9-3-2-4-10(14)6-9/h2-6H,7,15H2,1H3. The zero-order valence-corrected chi connectivity index (χ0v) is 12.0. The molecule has 0 saturated carbocycles. The molecule has 2 heterocycles. The van der Waals surface area contributed by atoms with E-state index in [9.17, 15) is 4.39 Å². The van der Waals surface area contributed by atoms with Gasteiger partial charge < -0.3 is 10.4 Å². The second kappa shape index (κ2) is 5.57. The van der Waals surface area contributed by atoms with Crippen molar-refractivity contribution in [3.8, 4) is 11.4 Å². The molecule has 21 heavy (non-hydrogen) atoms. The Balaban J connectivity index is 1.79. The Morgan fingerprint density at radius 2 is 2.19 bits per heavy atom. The molecule has 0 spiro atoms. The number of nitrogens with two attached hydrogens (primary N) is 1. The fraction of sp³-hybridized carbons (Fsp3) is 0.154. The van der Waals surface area contributed by atoms with Crippen LogP contribution in [0.3, 0.4) is 0 Å². The molecule has 0 aliphatic carbocycles. The van der Waals surface area contributed by atoms with Gasteiger partial charge in [-0.2, -0.15) is 0 Å². The molecule has 3 aromatic rings. The highest BCUT2D eigenvalue weighted by molar-refractivity contribution is 7.98. The molecule has 0 bridgehead atoms. The minimum absolute atomic E-state index is 0.345. The molecule has 2 N–H and O–H groups in total. The van der Waals surface area contributed by atoms with Crippen LogP contribution in [0.15, 0.2) is 40.0 Å². The number of nitrogens with zero attached hydrogens (tertiary/aromatic N) is 4. The van der Waals surface area contributed by atoms with Crippen LogP contribution < -0.4 is 5.84 Å². The topological polar surface area (TPSA) is 82.8 Å². The normalized spacial score (nSPS) is 11.0. The maximum Gasteiger partial charge on any atom is 0.210 e. The molecule has 0 aliphatic heterocycles. The minimum atomic E-state index is -0.345. The van der Waals surface area contributed by atoms with Gasteiger partial charge in [0.05, 0.1) is 5.69 Å². The quantitative estimate of drug-likeness (QED) is 0.588. The molecule has 2 aromatic heterocycles. The van der Waals surface area contributed by atoms with Gasteiger partial charge in [-0.05, 0) is 19.1 Å². The Kier molecular flexibility index (Phi) is 3.61. The molecule has 108 valence electrons. The van der Waals surface area contributed by atoms with Gasteiger partial charge in [-0.25, -0.2) is 9.07 Å². The zero-order valence-electron chi connectivity index (χ0n) is 11.2. The molecular formula is C13H12FN5OS. The van der Waals surface area contributed by atoms with Crippen LogP contribution in [0.5, 0.6) is 0 Å². The minimum Gasteiger partial charge on any atom is -0.361 e. The molecule has 6 nitrogen and oxygen atoms in total. The average Bonchev–Trinajstić information content (AvgIpc) is 3.03. The van der Waals surface area contributed by atoms with Gasteiger partial charge in [0.25, 0.3) is 0 Å². The number of thioether (sulfide) groups is 1. The number of aryl methyl sites for hydroxylation is 1. The van der Waals surface area contributed by atoms with Crippen molar-refractivity contribution in [2.24, 2.45) is 0 Å². The van der Waals surface area contributed by atoms with Crippen molar-refractivity contribution < 1.29 is 8.91 Å². The predicted octanol–water partition coefficient (Wildman–Crippen LogP) is 2.39. The first kappa shape index (κ1) is 13.6. The summed E-state index contributed by atoms with van der Waals surface area (Å²) in [5.74, 6) is 7.34. The molecule has 0 fully saturated rings. The number of nitrogen functional groups attached to an aromatic ring is 1. The molecule has 3 rings (SSSR count). The van der Waals surface area contributed by atoms with Crippen LogP contribution in [-0.4, -0.2) is 20.0 Å². The molecule has 0 unspecified atom stereocenters. The molecule has 1 aromatic carbocycles. The third kappa shape index (κ3) is 2.89. The fourth-order valence-electron chi connectivity index (χ4n) is 1.82. The highest BCUT2D eigenvalue weighted by Crippen LogP contribution is 2.24. The first-order valence-corrected chi connectivity index (χ1v) is 7.13. The van der Waals surface area contributed by atoms with Gasteiger partial charge in [0.2, 0.25) is 5.16 Å². The van der Waals surface area contributed by atoms with Crippen LogP contribution in [0.25, 0.3) is 11.4 Å². The van der Waals surface area contributed by atoms with E-state index in [1.807, 2.05) is 13.0 Å². The molecule has 0 saturated heterocycles. The van der Waals surface area contributed by atoms with E-state index in [0.29, 0.717) is 22.3 Å². The Hall–Kier alpha value is -2.35. The van der Waals surface area contributed by atoms with Gasteiger partial charge in [-0.3, -0.25) is 0 Å². The molecule has 0 radical (unpaired) electrons. The Morgan fingerprint density at radius 1 is 1.33 bits per heavy atom. The summed E-state index contributed by atoms with van der Waals surface area (Å²) in [6.45, 7) is 1.83. The predicted molar refractivity (Wildman–Crippen MR) is 76.4 cm³/mol. The van der Waals surface area contributed by atoms with Gasteiger partial charge >= 0.3 is 0 Å². The number of halogens is 1. The van der Waals surface area contributed by atoms with Crippen molar-refractivity contribution in [2.75, 3.05) is 5.84 Å². The van der Waals surface area contributed by atoms with Crippen LogP contribution >= 0.6 is 11.8 Å². The third-order valence-electron chi connectivity index (χ3n) is 2.77. The lowest BCUT2D eigenvalue weighted by atomic mass is 10.2. The van der Waals surface area contributed by atoms with Crippen LogP contribution in [-0.2, 0) is 5.75 Å². The number of rotatable bonds is 4. The van der Waals surface area contributed by atoms with Gasteiger partial charge in [0.1, 0.15) is 11.6 Å². The van der Waals surface area contributed by atoms with E-state index in [-0.39, 0.29) is 5.82 Å². The molecule has 8 heteroatoms. The lowest BCUT2D eigenvalue weighted by Gasteiger charge is -2.02. The van der Waals surface area contributed by atoms with Crippen molar-refractivity contribution in [3.05, 3.63) is 47.6 Å². The SMILES string of the molecule is Cc1cc(CSc2nnc(-c3cccc(F)c3)n2N)no1. The summed E-state index contributed by atoms with van der Waals surface area (Å²) in [5, 5.41) is 12.4. The summed E-state index contributed by atoms with van der Waals surface area (Å²) in [7, 11) is 0. The summed E-state index contributed by atoms with van der Waals surface area (Å²) in [6, 6.07) is 7.90. The number of benzene rings is 1. The van der Waals surface area contributed by atoms with Crippen LogP contribution in [0.2, 0.25) is 0 Å². The summed E-state index contributed by atoms with van der Waals surface area (Å²) in [5.41, 5.74) is 1.38. The summed E-state index contributed by atoms with van der Waals surface area (Å²) in [6.07, 6.45) is 0. The largest absolute Gasteiger partial charge is 0.361 e. The highest BCUT2D eigenvalue weighted by atomic mass is 32.2. The third-order valence-corrected chi connectivity index (χ3v) is 3.75. The van der Waals surface area contributed by atoms with Crippen LogP contribution in [0.4, 0.5) is 4.39 Å². The Bertz CT molecular complexity index is 770. The number of aromatic nitrogens is 4. The van der Waals surface area contributed by atoms with Crippen molar-refractivity contribution in [1.82, 2.24) is 20.0 Å². The maximum absolute atomic E-state index is 13.2. The van der Waals surface area contributed by atoms with E-state index in [2.05, 4.69) is 15.4 Å². The van der Waals surface area contributed by atoms with E-state index in [4.69, 9.17) is 10.4 Å². The van der Waals surface area contributed by atoms with E-state index in [0.717, 1.165) is 11.5 Å². The van der Waals surface area contributed by atoms with Crippen LogP contribution in [0.1, 0.15) is 11.5 Å². The van der Waals surface area contributed by atoms with Crippen molar-refractivity contribution in [3.63, 3.8) is 0 Å². The van der Waals surface area contributed by atoms with E-state index in [1.165, 1.54) is 28.6 Å². The van der Waals surface area contributed by atoms with Gasteiger partial charge in [-0.15, -0.1) is 10.2 Å². The molecule has 0 atom stereocenters. The first-order chi connectivity index (χ1) is 10.1. The molecule has 0 amide bonds. The average molecular weight is 305 g/mol. The Labute approximate surface area is 124 Å². The number of hydrogen-bond acceptors (Lipinski definition) is 6. The lowest BCUT2D eigenvalue weighted by Crippen LogP contribution is -2.11. The zero-order chi connectivity index (χ0) is 14.8. The Morgan fingerprint density at radius 3 is 2.90 bits per heavy atom. The monoisotopic (exact) mass is 305 g/mol. The maximum atomic E-state index is 13.2. The molecule has 0 aliphatic rings. The van der Waals surface area contributed by atoms with Crippen molar-refractivity contribution in [1.29, 1.82) is 0 Å². The van der Waals surface area contributed by atoms with E-state index < -0.39 is 0 Å². The van der Waals surface area contributed by atoms with E-state index >= 15 is 0 Å². The molecular weight excluding hydrogens is 293 g/mol. The number of hydrogen-bond donors (Lipinski definition) is 1. The summed E-state index contributed by atoms with van der Waals surface area (Å²) in [4.78, 5) is 0. The van der Waals surface area contributed by atoms with E-state index in [1.54, 1.807) is 12.1 Å². The van der Waals surface area contributed by atoms with Crippen LogP contribution in [0, 0.1) is 12.7 Å². The first-order valence-electron chi connectivity index (χ1n) is 6.15. The van der Waals surface area contributed by atoms with Crippen molar-refractivity contribution in [2.45, 2.75) is 17.8 Å². The van der Waals surface area contributed by atoms with Gasteiger partial charge in [-0.1, -0.05) is 29.1 Å². The van der Waals surface area contributed by atoms with Gasteiger partial charge in [0.15, 0.2) is 5.82 Å². The summed E-state index contributed by atoms with van der Waals surface area (Å²) < 4.78 is 19.6. The van der Waals surface area contributed by atoms with Crippen molar-refractivity contribution >= 4 is 11.8 Å². The second-order valence-electron chi connectivity index (χ2n) is 4.40. The summed E-state index contributed by atoms with van der Waals surface area (Å²) >= 11 is 1.38. The fourth-order valence-corrected chi connectivity index (χ4v) is 2.56. The lowest BCUT2D eigenvalue weighted by molar-refractivity contribution is 0.393. The second-order valence-corrected chi connectivity index (χ2v) is 5.35. The highest BCUT2D eigenvalue weighted by Gasteiger charge is 2.13.